The minimum Gasteiger partial charge on any atom is -0.480 e. The molecule has 2 aromatic carbocycles. The predicted molar refractivity (Wildman–Crippen MR) is 133 cm³/mol. The molecule has 0 spiro atoms. The molecule has 0 saturated carbocycles. The second kappa shape index (κ2) is 9.51. The largest absolute Gasteiger partial charge is 0.480 e. The molecule has 4 atom stereocenters. The van der Waals surface area contributed by atoms with E-state index in [0.717, 1.165) is 23.6 Å². The lowest BCUT2D eigenvalue weighted by atomic mass is 9.81. The molecular weight excluding hydrogens is 502 g/mol. The summed E-state index contributed by atoms with van der Waals surface area (Å²) in [6.07, 6.45) is -1.35. The zero-order valence-electron chi connectivity index (χ0n) is 20.2. The lowest BCUT2D eigenvalue weighted by Crippen LogP contribution is -2.82. The first-order valence-electron chi connectivity index (χ1n) is 11.4. The molecule has 12 heteroatoms. The highest BCUT2D eigenvalue weighted by Crippen LogP contribution is 2.55. The number of Topliss-reactive ketones (excluding diaryl/α,β-unsaturated/α-hetero) is 1. The van der Waals surface area contributed by atoms with E-state index in [4.69, 9.17) is 4.74 Å². The van der Waals surface area contributed by atoms with Crippen LogP contribution in [0.25, 0.3) is 0 Å². The lowest BCUT2D eigenvalue weighted by Gasteiger charge is -2.51. The number of carbonyl (C=O) groups excluding carboxylic acids is 3. The molecule has 2 fully saturated rings. The van der Waals surface area contributed by atoms with Gasteiger partial charge in [0.15, 0.2) is 17.6 Å². The van der Waals surface area contributed by atoms with Gasteiger partial charge >= 0.3 is 11.7 Å². The quantitative estimate of drug-likeness (QED) is 0.216. The van der Waals surface area contributed by atoms with E-state index in [2.05, 4.69) is 5.32 Å². The first-order valence-corrected chi connectivity index (χ1v) is 12.3. The Bertz CT molecular complexity index is 1280. The summed E-state index contributed by atoms with van der Waals surface area (Å²) in [7, 11) is 0. The predicted octanol–water partition coefficient (Wildman–Crippen LogP) is 2.18. The van der Waals surface area contributed by atoms with Crippen molar-refractivity contribution in [2.75, 3.05) is 0 Å². The third-order valence-electron chi connectivity index (χ3n) is 6.54. The van der Waals surface area contributed by atoms with Crippen molar-refractivity contribution in [2.45, 2.75) is 55.0 Å². The molecule has 37 heavy (non-hydrogen) atoms. The number of nitrogens with zero attached hydrogens (tertiary/aromatic N) is 2. The van der Waals surface area contributed by atoms with Crippen LogP contribution in [0.2, 0.25) is 0 Å². The third-order valence-corrected chi connectivity index (χ3v) is 8.18. The van der Waals surface area contributed by atoms with E-state index in [0.29, 0.717) is 5.56 Å². The maximum atomic E-state index is 13.6. The monoisotopic (exact) mass is 527 g/mol. The number of carbonyl (C=O) groups is 4. The second-order valence-electron chi connectivity index (χ2n) is 9.40. The second-order valence-corrected chi connectivity index (χ2v) is 11.1. The van der Waals surface area contributed by atoms with Crippen LogP contribution < -0.4 is 10.1 Å². The molecule has 0 aromatic heterocycles. The molecule has 11 nitrogen and oxygen atoms in total. The highest BCUT2D eigenvalue weighted by Gasteiger charge is 2.74. The minimum atomic E-state index is -1.98. The van der Waals surface area contributed by atoms with Gasteiger partial charge in [-0.25, -0.2) is 4.79 Å². The van der Waals surface area contributed by atoms with Crippen LogP contribution >= 0.6 is 11.8 Å². The van der Waals surface area contributed by atoms with Crippen molar-refractivity contribution in [3.8, 4) is 5.75 Å². The summed E-state index contributed by atoms with van der Waals surface area (Å²) in [6.45, 7) is 4.47. The van der Waals surface area contributed by atoms with E-state index in [-0.39, 0.29) is 17.9 Å². The third kappa shape index (κ3) is 4.41. The van der Waals surface area contributed by atoms with Crippen molar-refractivity contribution >= 4 is 41.0 Å². The normalized spacial score (nSPS) is 24.4. The Morgan fingerprint density at radius 1 is 1.16 bits per heavy atom. The lowest BCUT2D eigenvalue weighted by molar-refractivity contribution is -0.386. The van der Waals surface area contributed by atoms with Crippen molar-refractivity contribution in [2.24, 2.45) is 0 Å². The summed E-state index contributed by atoms with van der Waals surface area (Å²) in [5, 5.41) is 22.8. The molecule has 2 heterocycles. The Labute approximate surface area is 216 Å². The molecule has 0 bridgehead atoms. The zero-order chi connectivity index (χ0) is 27.1. The maximum Gasteiger partial charge on any atom is 0.327 e. The van der Waals surface area contributed by atoms with E-state index in [1.807, 2.05) is 0 Å². The van der Waals surface area contributed by atoms with E-state index in [1.54, 1.807) is 44.2 Å². The number of carboxylic acid groups (broad SMARTS) is 1. The Hall–Kier alpha value is -3.93. The van der Waals surface area contributed by atoms with Gasteiger partial charge in [-0.3, -0.25) is 24.5 Å². The van der Waals surface area contributed by atoms with Gasteiger partial charge in [0.25, 0.3) is 11.8 Å². The summed E-state index contributed by atoms with van der Waals surface area (Å²) in [4.78, 5) is 63.6. The van der Waals surface area contributed by atoms with Crippen LogP contribution in [0.1, 0.15) is 26.3 Å². The van der Waals surface area contributed by atoms with Crippen molar-refractivity contribution < 1.29 is 33.9 Å². The number of benzene rings is 2. The summed E-state index contributed by atoms with van der Waals surface area (Å²) in [5.74, 6) is -3.65. The van der Waals surface area contributed by atoms with E-state index in [9.17, 15) is 34.4 Å². The number of hydrogen-bond acceptors (Lipinski definition) is 8. The first kappa shape index (κ1) is 26.1. The van der Waals surface area contributed by atoms with Crippen LogP contribution in [0, 0.1) is 10.1 Å². The van der Waals surface area contributed by atoms with Crippen LogP contribution in [0.3, 0.4) is 0 Å². The van der Waals surface area contributed by atoms with Gasteiger partial charge < -0.3 is 20.1 Å². The van der Waals surface area contributed by atoms with E-state index < -0.39 is 56.3 Å². The minimum absolute atomic E-state index is 0.00827. The van der Waals surface area contributed by atoms with Gasteiger partial charge in [0.2, 0.25) is 5.54 Å². The zero-order valence-corrected chi connectivity index (χ0v) is 21.1. The number of aliphatic carboxylic acids is 1. The van der Waals surface area contributed by atoms with Gasteiger partial charge in [0.1, 0.15) is 11.4 Å². The number of nitro groups is 1. The number of amides is 2. The molecule has 2 aliphatic rings. The number of para-hydroxylation sites is 2. The van der Waals surface area contributed by atoms with Crippen LogP contribution in [0.15, 0.2) is 54.6 Å². The first-order chi connectivity index (χ1) is 17.4. The van der Waals surface area contributed by atoms with Gasteiger partial charge in [-0.2, -0.15) is 0 Å². The molecule has 194 valence electrons. The summed E-state index contributed by atoms with van der Waals surface area (Å²) >= 11 is 1.12. The van der Waals surface area contributed by atoms with Gasteiger partial charge in [-0.1, -0.05) is 42.5 Å². The smallest absolute Gasteiger partial charge is 0.327 e. The van der Waals surface area contributed by atoms with Crippen molar-refractivity contribution in [1.82, 2.24) is 10.2 Å². The highest BCUT2D eigenvalue weighted by molar-refractivity contribution is 8.01. The molecule has 2 saturated heterocycles. The topological polar surface area (TPSA) is 156 Å². The van der Waals surface area contributed by atoms with Crippen LogP contribution in [0.4, 0.5) is 5.69 Å². The molecule has 0 aliphatic carbocycles. The maximum absolute atomic E-state index is 13.6. The molecule has 2 aliphatic heterocycles. The van der Waals surface area contributed by atoms with Crippen molar-refractivity contribution in [3.63, 3.8) is 0 Å². The van der Waals surface area contributed by atoms with Gasteiger partial charge in [-0.05, 0) is 32.4 Å². The summed E-state index contributed by atoms with van der Waals surface area (Å²) in [5.41, 5.74) is -1.65. The molecule has 4 rings (SSSR count). The molecular formula is C25H25N3O8S. The Morgan fingerprint density at radius 2 is 1.78 bits per heavy atom. The number of carboxylic acids is 1. The standard InChI is InChI=1S/C25H25N3O8S/c1-14(29)25(22(33)27-19(21(31)32)24(2,3)37-23(25)27)26-20(30)18(13-15-9-5-4-6-10-15)36-17-12-8-7-11-16(17)28(34)35/h4-12,18-19,23H,13H2,1-3H3,(H,26,30)(H,31,32)/t18?,19-,23+,25-/m0/s1. The molecule has 0 radical (unpaired) electrons. The molecule has 2 N–H and O–H groups in total. The van der Waals surface area contributed by atoms with Gasteiger partial charge in [0.05, 0.1) is 4.92 Å². The Balaban J connectivity index is 1.67. The number of hydrogen-bond donors (Lipinski definition) is 2. The number of thioether (sulfide) groups is 1. The van der Waals surface area contributed by atoms with Crippen LogP contribution in [-0.4, -0.2) is 66.3 Å². The number of ether oxygens (including phenoxy) is 1. The molecule has 2 aromatic rings. The fourth-order valence-corrected chi connectivity index (χ4v) is 6.49. The van der Waals surface area contributed by atoms with Gasteiger partial charge in [0, 0.05) is 17.2 Å². The van der Waals surface area contributed by atoms with Crippen LogP contribution in [0.5, 0.6) is 5.75 Å². The summed E-state index contributed by atoms with van der Waals surface area (Å²) < 4.78 is 4.90. The van der Waals surface area contributed by atoms with Crippen molar-refractivity contribution in [1.29, 1.82) is 0 Å². The van der Waals surface area contributed by atoms with E-state index >= 15 is 0 Å². The SMILES string of the molecule is CC(=O)[C@]1(NC(=O)C(Cc2ccccc2)Oc2ccccc2[N+](=O)[O-])C(=O)N2[C@@H](C(=O)O)C(C)(C)S[C@@H]21. The summed E-state index contributed by atoms with van der Waals surface area (Å²) in [6, 6.07) is 13.2. The average Bonchev–Trinajstić information content (AvgIpc) is 3.11. The molecule has 2 amide bonds. The highest BCUT2D eigenvalue weighted by atomic mass is 32.2. The number of ketones is 1. The Morgan fingerprint density at radius 3 is 2.38 bits per heavy atom. The number of β-lactam (4-membered cyclic amide) rings is 1. The molecule has 1 unspecified atom stereocenters. The number of nitro benzene ring substituents is 1. The fourth-order valence-electron chi connectivity index (χ4n) is 4.74. The van der Waals surface area contributed by atoms with Crippen LogP contribution in [-0.2, 0) is 25.6 Å². The number of fused-ring (bicyclic) bond motifs is 1. The number of rotatable bonds is 9. The fraction of sp³-hybridized carbons (Fsp3) is 0.360. The van der Waals surface area contributed by atoms with E-state index in [1.165, 1.54) is 24.3 Å². The number of nitrogens with one attached hydrogen (secondary N) is 1. The Kier molecular flexibility index (Phi) is 6.72. The van der Waals surface area contributed by atoms with Crippen molar-refractivity contribution in [3.05, 3.63) is 70.3 Å². The van der Waals surface area contributed by atoms with Gasteiger partial charge in [-0.15, -0.1) is 11.8 Å². The average molecular weight is 528 g/mol.